The number of aliphatic hydroxyl groups is 1. The second-order valence-electron chi connectivity index (χ2n) is 3.63. The average Bonchev–Trinajstić information content (AvgIpc) is 1.98. The maximum atomic E-state index is 11.3. The molecule has 0 bridgehead atoms. The number of aliphatic hydroxyl groups excluding tert-OH is 1. The molecule has 0 saturated heterocycles. The fraction of sp³-hybridized carbons (Fsp3) is 0.889. The molecule has 72 valence electrons. The Labute approximate surface area is 74.2 Å². The summed E-state index contributed by atoms with van der Waals surface area (Å²) in [5.41, 5.74) is 0. The van der Waals surface area contributed by atoms with Crippen molar-refractivity contribution < 1.29 is 9.90 Å². The van der Waals surface area contributed by atoms with Crippen LogP contribution in [0, 0.1) is 11.8 Å². The van der Waals surface area contributed by atoms with Gasteiger partial charge in [-0.05, 0) is 12.8 Å². The van der Waals surface area contributed by atoms with Gasteiger partial charge in [0.1, 0.15) is 0 Å². The first-order chi connectivity index (χ1) is 5.45. The minimum absolute atomic E-state index is 0.0174. The predicted molar refractivity (Wildman–Crippen MR) is 48.7 cm³/mol. The lowest BCUT2D eigenvalue weighted by Crippen LogP contribution is -2.36. The zero-order valence-electron chi connectivity index (χ0n) is 8.29. The molecule has 3 nitrogen and oxygen atoms in total. The normalized spacial score (nSPS) is 15.8. The quantitative estimate of drug-likeness (QED) is 0.660. The number of rotatable bonds is 4. The summed E-state index contributed by atoms with van der Waals surface area (Å²) in [6, 6.07) is 0. The average molecular weight is 173 g/mol. The lowest BCUT2D eigenvalue weighted by atomic mass is 9.97. The van der Waals surface area contributed by atoms with Crippen molar-refractivity contribution in [2.75, 3.05) is 6.54 Å². The highest BCUT2D eigenvalue weighted by Gasteiger charge is 2.15. The van der Waals surface area contributed by atoms with Crippen LogP contribution in [0.2, 0.25) is 0 Å². The summed E-state index contributed by atoms with van der Waals surface area (Å²) in [4.78, 5) is 11.3. The molecule has 0 radical (unpaired) electrons. The molecule has 0 aromatic rings. The second-order valence-corrected chi connectivity index (χ2v) is 3.63. The number of carbonyl (C=O) groups is 1. The second kappa shape index (κ2) is 5.14. The molecule has 12 heavy (non-hydrogen) atoms. The van der Waals surface area contributed by atoms with Gasteiger partial charge >= 0.3 is 0 Å². The molecule has 2 atom stereocenters. The van der Waals surface area contributed by atoms with Gasteiger partial charge < -0.3 is 10.4 Å². The van der Waals surface area contributed by atoms with E-state index in [0.717, 1.165) is 0 Å². The first-order valence-electron chi connectivity index (χ1n) is 4.41. The van der Waals surface area contributed by atoms with Crippen LogP contribution in [0.15, 0.2) is 0 Å². The Hall–Kier alpha value is -0.570. The van der Waals surface area contributed by atoms with E-state index in [4.69, 9.17) is 5.11 Å². The number of carbonyl (C=O) groups excluding carboxylic acids is 1. The Morgan fingerprint density at radius 3 is 2.17 bits per heavy atom. The maximum absolute atomic E-state index is 11.3. The molecule has 0 rings (SSSR count). The predicted octanol–water partition coefficient (Wildman–Crippen LogP) is 0.775. The van der Waals surface area contributed by atoms with Crippen molar-refractivity contribution in [1.29, 1.82) is 0 Å². The summed E-state index contributed by atoms with van der Waals surface area (Å²) >= 11 is 0. The van der Waals surface area contributed by atoms with Crippen LogP contribution in [0.3, 0.4) is 0 Å². The van der Waals surface area contributed by atoms with E-state index in [0.29, 0.717) is 12.5 Å². The topological polar surface area (TPSA) is 49.3 Å². The molecule has 1 amide bonds. The number of nitrogens with one attached hydrogen (secondary N) is 1. The molecule has 0 heterocycles. The number of hydrogen-bond donors (Lipinski definition) is 2. The lowest BCUT2D eigenvalue weighted by molar-refractivity contribution is -0.126. The van der Waals surface area contributed by atoms with E-state index in [1.54, 1.807) is 6.92 Å². The van der Waals surface area contributed by atoms with Gasteiger partial charge in [-0.2, -0.15) is 0 Å². The molecule has 0 saturated carbocycles. The van der Waals surface area contributed by atoms with Crippen molar-refractivity contribution in [2.45, 2.75) is 33.8 Å². The first kappa shape index (κ1) is 11.4. The summed E-state index contributed by atoms with van der Waals surface area (Å²) < 4.78 is 0. The van der Waals surface area contributed by atoms with E-state index in [-0.39, 0.29) is 11.8 Å². The molecule has 0 aliphatic heterocycles. The van der Waals surface area contributed by atoms with E-state index in [9.17, 15) is 4.79 Å². The minimum atomic E-state index is -0.465. The zero-order valence-corrected chi connectivity index (χ0v) is 8.29. The molecule has 0 aliphatic carbocycles. The first-order valence-corrected chi connectivity index (χ1v) is 4.41. The molecule has 3 heteroatoms. The number of amides is 1. The molecule has 0 fully saturated rings. The Morgan fingerprint density at radius 1 is 1.33 bits per heavy atom. The van der Waals surface area contributed by atoms with E-state index < -0.39 is 6.10 Å². The van der Waals surface area contributed by atoms with E-state index in [1.165, 1.54) is 0 Å². The third-order valence-electron chi connectivity index (χ3n) is 1.99. The molecule has 2 N–H and O–H groups in total. The third-order valence-corrected chi connectivity index (χ3v) is 1.99. The van der Waals surface area contributed by atoms with Gasteiger partial charge in [0.15, 0.2) is 0 Å². The Balaban J connectivity index is 3.72. The largest absolute Gasteiger partial charge is 0.392 e. The molecule has 0 spiro atoms. The molecular formula is C9H19NO2. The SMILES string of the molecule is CC(C)C(C)C(=O)NC[C@@H](C)O. The third kappa shape index (κ3) is 4.34. The highest BCUT2D eigenvalue weighted by atomic mass is 16.3. The Kier molecular flexibility index (Phi) is 4.90. The zero-order chi connectivity index (χ0) is 9.72. The molecule has 0 aromatic carbocycles. The minimum Gasteiger partial charge on any atom is -0.392 e. The molecular weight excluding hydrogens is 154 g/mol. The van der Waals surface area contributed by atoms with Gasteiger partial charge in [0.05, 0.1) is 6.10 Å². The summed E-state index contributed by atoms with van der Waals surface area (Å²) in [7, 11) is 0. The highest BCUT2D eigenvalue weighted by Crippen LogP contribution is 2.08. The van der Waals surface area contributed by atoms with Crippen LogP contribution in [-0.4, -0.2) is 23.7 Å². The van der Waals surface area contributed by atoms with Gasteiger partial charge in [0.25, 0.3) is 0 Å². The highest BCUT2D eigenvalue weighted by molar-refractivity contribution is 5.78. The van der Waals surface area contributed by atoms with Crippen LogP contribution in [0.1, 0.15) is 27.7 Å². The molecule has 0 aromatic heterocycles. The van der Waals surface area contributed by atoms with Crippen LogP contribution in [-0.2, 0) is 4.79 Å². The van der Waals surface area contributed by atoms with Crippen molar-refractivity contribution >= 4 is 5.91 Å². The Morgan fingerprint density at radius 2 is 1.83 bits per heavy atom. The summed E-state index contributed by atoms with van der Waals surface area (Å²) in [5.74, 6) is 0.383. The van der Waals surface area contributed by atoms with Crippen LogP contribution >= 0.6 is 0 Å². The van der Waals surface area contributed by atoms with Crippen LogP contribution in [0.4, 0.5) is 0 Å². The fourth-order valence-electron chi connectivity index (χ4n) is 0.712. The van der Waals surface area contributed by atoms with E-state index in [2.05, 4.69) is 5.32 Å². The molecule has 0 aliphatic rings. The maximum Gasteiger partial charge on any atom is 0.223 e. The fourth-order valence-corrected chi connectivity index (χ4v) is 0.712. The van der Waals surface area contributed by atoms with Gasteiger partial charge in [-0.25, -0.2) is 0 Å². The van der Waals surface area contributed by atoms with Gasteiger partial charge in [0, 0.05) is 12.5 Å². The number of hydrogen-bond acceptors (Lipinski definition) is 2. The van der Waals surface area contributed by atoms with Gasteiger partial charge in [-0.3, -0.25) is 4.79 Å². The van der Waals surface area contributed by atoms with E-state index >= 15 is 0 Å². The monoisotopic (exact) mass is 173 g/mol. The van der Waals surface area contributed by atoms with Crippen molar-refractivity contribution in [3.8, 4) is 0 Å². The van der Waals surface area contributed by atoms with Crippen molar-refractivity contribution in [3.05, 3.63) is 0 Å². The van der Waals surface area contributed by atoms with Crippen molar-refractivity contribution in [3.63, 3.8) is 0 Å². The van der Waals surface area contributed by atoms with Gasteiger partial charge in [-0.1, -0.05) is 20.8 Å². The van der Waals surface area contributed by atoms with Gasteiger partial charge in [-0.15, -0.1) is 0 Å². The lowest BCUT2D eigenvalue weighted by Gasteiger charge is -2.15. The van der Waals surface area contributed by atoms with Crippen LogP contribution in [0.25, 0.3) is 0 Å². The van der Waals surface area contributed by atoms with E-state index in [1.807, 2.05) is 20.8 Å². The standard InChI is InChI=1S/C9H19NO2/c1-6(2)8(4)9(12)10-5-7(3)11/h6-8,11H,5H2,1-4H3,(H,10,12)/t7-,8?/m1/s1. The van der Waals surface area contributed by atoms with Crippen molar-refractivity contribution in [1.82, 2.24) is 5.32 Å². The van der Waals surface area contributed by atoms with Crippen LogP contribution in [0.5, 0.6) is 0 Å². The smallest absolute Gasteiger partial charge is 0.223 e. The summed E-state index contributed by atoms with van der Waals surface area (Å²) in [6.45, 7) is 7.90. The van der Waals surface area contributed by atoms with Crippen molar-refractivity contribution in [2.24, 2.45) is 11.8 Å². The summed E-state index contributed by atoms with van der Waals surface area (Å²) in [5, 5.41) is 11.6. The Bertz CT molecular complexity index is 143. The van der Waals surface area contributed by atoms with Crippen LogP contribution < -0.4 is 5.32 Å². The summed E-state index contributed by atoms with van der Waals surface area (Å²) in [6.07, 6.45) is -0.465. The molecule has 1 unspecified atom stereocenters. The van der Waals surface area contributed by atoms with Gasteiger partial charge in [0.2, 0.25) is 5.91 Å².